The number of hydrogen-bond acceptors (Lipinski definition) is 11. The number of hydrogen-bond donors (Lipinski definition) is 3. The number of nitrogens with zero attached hydrogens (tertiary/aromatic N) is 6. The van der Waals surface area contributed by atoms with Crippen LogP contribution in [0.25, 0.3) is 0 Å². The number of fused-ring (bicyclic) bond motifs is 2. The lowest BCUT2D eigenvalue weighted by Crippen LogP contribution is -2.51. The van der Waals surface area contributed by atoms with Crippen molar-refractivity contribution < 1.29 is 9.59 Å². The van der Waals surface area contributed by atoms with E-state index in [1.807, 2.05) is 11.8 Å². The van der Waals surface area contributed by atoms with Crippen LogP contribution in [0.2, 0.25) is 0 Å². The van der Waals surface area contributed by atoms with E-state index < -0.39 is 0 Å². The first kappa shape index (κ1) is 26.5. The Morgan fingerprint density at radius 2 is 1.82 bits per heavy atom. The van der Waals surface area contributed by atoms with E-state index in [0.717, 1.165) is 88.4 Å². The Bertz CT molecular complexity index is 1310. The zero-order valence-electron chi connectivity index (χ0n) is 22.6. The second kappa shape index (κ2) is 11.1. The molecule has 2 atom stereocenters. The van der Waals surface area contributed by atoms with Gasteiger partial charge >= 0.3 is 0 Å². The van der Waals surface area contributed by atoms with E-state index in [1.165, 1.54) is 21.7 Å². The number of thiol groups is 1. The molecule has 0 radical (unpaired) electrons. The monoisotopic (exact) mass is 580 g/mol. The summed E-state index contributed by atoms with van der Waals surface area (Å²) in [5, 5.41) is 5.81. The van der Waals surface area contributed by atoms with Gasteiger partial charge in [0.15, 0.2) is 0 Å². The summed E-state index contributed by atoms with van der Waals surface area (Å²) in [6, 6.07) is 6.33. The molecule has 0 aliphatic carbocycles. The van der Waals surface area contributed by atoms with Gasteiger partial charge < -0.3 is 15.1 Å². The molecule has 5 aliphatic rings. The van der Waals surface area contributed by atoms with Crippen molar-refractivity contribution in [2.24, 2.45) is 0 Å². The fourth-order valence-electron chi connectivity index (χ4n) is 6.52. The summed E-state index contributed by atoms with van der Waals surface area (Å²) < 4.78 is 0. The van der Waals surface area contributed by atoms with Crippen LogP contribution in [0, 0.1) is 0 Å². The molecule has 0 saturated carbocycles. The molecule has 2 N–H and O–H groups in total. The maximum Gasteiger partial charge on any atom is 0.243 e. The van der Waals surface area contributed by atoms with Crippen molar-refractivity contribution in [3.63, 3.8) is 0 Å². The maximum atomic E-state index is 12.5. The van der Waals surface area contributed by atoms with E-state index in [9.17, 15) is 9.59 Å². The molecule has 212 valence electrons. The highest BCUT2D eigenvalue weighted by atomic mass is 32.2. The van der Waals surface area contributed by atoms with Crippen LogP contribution in [0.5, 0.6) is 0 Å². The number of aromatic nitrogens is 2. The van der Waals surface area contributed by atoms with E-state index in [1.54, 1.807) is 0 Å². The van der Waals surface area contributed by atoms with Crippen LogP contribution in [-0.4, -0.2) is 95.7 Å². The number of piperazine rings is 2. The summed E-state index contributed by atoms with van der Waals surface area (Å²) in [7, 11) is 0. The van der Waals surface area contributed by atoms with Crippen molar-refractivity contribution >= 4 is 48.0 Å². The SMILES string of the molecule is O=C1CCC(N2Cc3cc(CN4CCN(c5nc6c(c(N7CCNCC7)n5)SCC6)CC4)ccc3C2S)C(=O)N1. The van der Waals surface area contributed by atoms with Crippen molar-refractivity contribution in [2.75, 3.05) is 67.9 Å². The van der Waals surface area contributed by atoms with Crippen LogP contribution in [-0.2, 0) is 29.1 Å². The minimum Gasteiger partial charge on any atom is -0.353 e. The number of nitrogens with one attached hydrogen (secondary N) is 2. The highest BCUT2D eigenvalue weighted by Gasteiger charge is 2.39. The molecule has 10 nitrogen and oxygen atoms in total. The molecular weight excluding hydrogens is 544 g/mol. The molecule has 0 bridgehead atoms. The Kier molecular flexibility index (Phi) is 7.38. The fraction of sp³-hybridized carbons (Fsp3) is 0.571. The van der Waals surface area contributed by atoms with Gasteiger partial charge in [-0.05, 0) is 23.1 Å². The van der Waals surface area contributed by atoms with Crippen LogP contribution in [0.4, 0.5) is 11.8 Å². The third-order valence-electron chi connectivity index (χ3n) is 8.73. The predicted octanol–water partition coefficient (Wildman–Crippen LogP) is 1.41. The van der Waals surface area contributed by atoms with Gasteiger partial charge in [0.1, 0.15) is 5.82 Å². The fourth-order valence-corrected chi connectivity index (χ4v) is 8.13. The smallest absolute Gasteiger partial charge is 0.243 e. The Balaban J connectivity index is 0.994. The summed E-state index contributed by atoms with van der Waals surface area (Å²) in [4.78, 5) is 44.9. The number of piperidine rings is 1. The van der Waals surface area contributed by atoms with Gasteiger partial charge in [-0.3, -0.25) is 24.7 Å². The van der Waals surface area contributed by atoms with Crippen molar-refractivity contribution in [2.45, 2.75) is 48.7 Å². The topological polar surface area (TPSA) is 96.9 Å². The van der Waals surface area contributed by atoms with Crippen LogP contribution < -0.4 is 20.4 Å². The summed E-state index contributed by atoms with van der Waals surface area (Å²) in [5.74, 6) is 2.74. The van der Waals surface area contributed by atoms with Gasteiger partial charge in [0.05, 0.1) is 22.0 Å². The minimum absolute atomic E-state index is 0.131. The second-order valence-corrected chi connectivity index (χ2v) is 12.9. The van der Waals surface area contributed by atoms with Crippen molar-refractivity contribution in [3.05, 3.63) is 40.6 Å². The van der Waals surface area contributed by atoms with Gasteiger partial charge in [0.2, 0.25) is 17.8 Å². The first-order chi connectivity index (χ1) is 19.5. The number of thioether (sulfide) groups is 1. The molecule has 2 amide bonds. The third kappa shape index (κ3) is 5.09. The lowest BCUT2D eigenvalue weighted by Gasteiger charge is -2.36. The van der Waals surface area contributed by atoms with E-state index in [-0.39, 0.29) is 23.2 Å². The summed E-state index contributed by atoms with van der Waals surface area (Å²) in [6.45, 7) is 9.34. The van der Waals surface area contributed by atoms with Crippen LogP contribution in [0.1, 0.15) is 40.6 Å². The highest BCUT2D eigenvalue weighted by molar-refractivity contribution is 7.99. The van der Waals surface area contributed by atoms with E-state index in [2.05, 4.69) is 48.4 Å². The summed E-state index contributed by atoms with van der Waals surface area (Å²) in [6.07, 6.45) is 1.96. The first-order valence-electron chi connectivity index (χ1n) is 14.4. The Morgan fingerprint density at radius 1 is 1.00 bits per heavy atom. The number of amides is 2. The minimum atomic E-state index is -0.309. The molecule has 5 aliphatic heterocycles. The molecule has 6 heterocycles. The summed E-state index contributed by atoms with van der Waals surface area (Å²) >= 11 is 6.75. The van der Waals surface area contributed by atoms with E-state index in [4.69, 9.17) is 22.6 Å². The Morgan fingerprint density at radius 3 is 2.62 bits per heavy atom. The number of carbonyl (C=O) groups excluding carboxylic acids is 2. The first-order valence-corrected chi connectivity index (χ1v) is 15.9. The largest absolute Gasteiger partial charge is 0.353 e. The molecular formula is C28H36N8O2S2. The van der Waals surface area contributed by atoms with Crippen LogP contribution >= 0.6 is 24.4 Å². The average Bonchev–Trinajstić information content (AvgIpc) is 3.58. The van der Waals surface area contributed by atoms with Crippen molar-refractivity contribution in [1.29, 1.82) is 0 Å². The van der Waals surface area contributed by atoms with Gasteiger partial charge in [-0.25, -0.2) is 4.98 Å². The molecule has 40 heavy (non-hydrogen) atoms. The zero-order chi connectivity index (χ0) is 27.2. The molecule has 1 aromatic heterocycles. The van der Waals surface area contributed by atoms with Crippen LogP contribution in [0.3, 0.4) is 0 Å². The van der Waals surface area contributed by atoms with Crippen molar-refractivity contribution in [3.8, 4) is 0 Å². The van der Waals surface area contributed by atoms with Crippen LogP contribution in [0.15, 0.2) is 23.1 Å². The molecule has 0 spiro atoms. The standard InChI is InChI=1S/C28H36N8O2S2/c37-23-4-3-22(26(38)31-23)36-17-19-15-18(1-2-20(19)27(36)39)16-33-10-12-35(13-11-33)28-30-21-5-14-40-24(21)25(32-28)34-8-6-29-7-9-34/h1-2,15,22,27,29,39H,3-14,16-17H2,(H,31,37,38). The molecule has 7 rings (SSSR count). The quantitative estimate of drug-likeness (QED) is 0.356. The predicted molar refractivity (Wildman–Crippen MR) is 159 cm³/mol. The molecule has 12 heteroatoms. The third-order valence-corrected chi connectivity index (χ3v) is 10.4. The van der Waals surface area contributed by atoms with Gasteiger partial charge in [-0.1, -0.05) is 18.2 Å². The molecule has 3 saturated heterocycles. The highest BCUT2D eigenvalue weighted by Crippen LogP contribution is 2.40. The number of rotatable bonds is 5. The summed E-state index contributed by atoms with van der Waals surface area (Å²) in [5.41, 5.74) is 4.89. The second-order valence-electron chi connectivity index (χ2n) is 11.3. The number of imide groups is 1. The Hall–Kier alpha value is -2.38. The molecule has 1 aromatic carbocycles. The molecule has 2 unspecified atom stereocenters. The Labute approximate surface area is 244 Å². The van der Waals surface area contributed by atoms with E-state index in [0.29, 0.717) is 19.4 Å². The number of carbonyl (C=O) groups is 2. The lowest BCUT2D eigenvalue weighted by atomic mass is 10.0. The zero-order valence-corrected chi connectivity index (χ0v) is 24.4. The van der Waals surface area contributed by atoms with Gasteiger partial charge in [-0.15, -0.1) is 11.8 Å². The van der Waals surface area contributed by atoms with Gasteiger partial charge in [-0.2, -0.15) is 17.6 Å². The van der Waals surface area contributed by atoms with E-state index >= 15 is 0 Å². The molecule has 3 fully saturated rings. The average molecular weight is 581 g/mol. The molecule has 2 aromatic rings. The number of benzene rings is 1. The normalized spacial score (nSPS) is 25.7. The lowest BCUT2D eigenvalue weighted by molar-refractivity contribution is -0.137. The van der Waals surface area contributed by atoms with Gasteiger partial charge in [0.25, 0.3) is 0 Å². The maximum absolute atomic E-state index is 12.5. The number of aryl methyl sites for hydroxylation is 1. The van der Waals surface area contributed by atoms with Crippen molar-refractivity contribution in [1.82, 2.24) is 30.4 Å². The number of anilines is 2. The van der Waals surface area contributed by atoms with Gasteiger partial charge in [0, 0.05) is 84.0 Å².